The van der Waals surface area contributed by atoms with Crippen LogP contribution in [0.1, 0.15) is 48.2 Å². The lowest BCUT2D eigenvalue weighted by Gasteiger charge is -2.27. The van der Waals surface area contributed by atoms with Crippen LogP contribution < -0.4 is 5.32 Å². The molecule has 4 rings (SSSR count). The number of rotatable bonds is 11. The van der Waals surface area contributed by atoms with Gasteiger partial charge in [-0.05, 0) is 50.9 Å². The molecule has 0 bridgehead atoms. The highest BCUT2D eigenvalue weighted by atomic mass is 35.5. The minimum absolute atomic E-state index is 0.272. The molecular formula is C29H35ClN4O3. The summed E-state index contributed by atoms with van der Waals surface area (Å²) in [5.41, 5.74) is 3.71. The standard InChI is InChI=1S/C29H35ClN4O3/c1-29(2,24-7-5-4-6-8-24)37-16-13-34(3)19-22-10-9-21(17-23(22)20-35)27-26(30)18-31-28(33-27)32-25-11-14-36-15-12-25/h4-10,17-18,20,25H,11-16,19H2,1-3H3,(H,31,32,33). The van der Waals surface area contributed by atoms with E-state index in [-0.39, 0.29) is 11.6 Å². The van der Waals surface area contributed by atoms with E-state index in [1.165, 1.54) is 0 Å². The lowest BCUT2D eigenvalue weighted by Crippen LogP contribution is -2.29. The zero-order valence-corrected chi connectivity index (χ0v) is 22.5. The summed E-state index contributed by atoms with van der Waals surface area (Å²) >= 11 is 6.45. The van der Waals surface area contributed by atoms with Crippen molar-refractivity contribution >= 4 is 23.8 Å². The van der Waals surface area contributed by atoms with Gasteiger partial charge in [0, 0.05) is 43.5 Å². The van der Waals surface area contributed by atoms with Crippen LogP contribution in [-0.4, -0.2) is 60.6 Å². The van der Waals surface area contributed by atoms with Gasteiger partial charge in [-0.2, -0.15) is 0 Å². The largest absolute Gasteiger partial charge is 0.381 e. The van der Waals surface area contributed by atoms with Crippen LogP contribution in [0.5, 0.6) is 0 Å². The van der Waals surface area contributed by atoms with Crippen molar-refractivity contribution < 1.29 is 14.3 Å². The fraction of sp³-hybridized carbons (Fsp3) is 0.414. The molecule has 2 aromatic carbocycles. The minimum Gasteiger partial charge on any atom is -0.381 e. The van der Waals surface area contributed by atoms with Crippen LogP contribution in [0.3, 0.4) is 0 Å². The smallest absolute Gasteiger partial charge is 0.223 e. The topological polar surface area (TPSA) is 76.6 Å². The third kappa shape index (κ3) is 7.36. The molecule has 1 fully saturated rings. The number of likely N-dealkylation sites (N-methyl/N-ethyl adjacent to an activating group) is 1. The van der Waals surface area contributed by atoms with Gasteiger partial charge in [0.25, 0.3) is 0 Å². The summed E-state index contributed by atoms with van der Waals surface area (Å²) in [6.07, 6.45) is 4.31. The Hall–Kier alpha value is -2.84. The molecule has 1 N–H and O–H groups in total. The highest BCUT2D eigenvalue weighted by Gasteiger charge is 2.21. The van der Waals surface area contributed by atoms with E-state index in [9.17, 15) is 4.79 Å². The highest BCUT2D eigenvalue weighted by molar-refractivity contribution is 6.32. The van der Waals surface area contributed by atoms with Crippen LogP contribution in [0, 0.1) is 0 Å². The van der Waals surface area contributed by atoms with Gasteiger partial charge < -0.3 is 14.8 Å². The third-order valence-electron chi connectivity index (χ3n) is 6.69. The molecular weight excluding hydrogens is 488 g/mol. The first-order valence-corrected chi connectivity index (χ1v) is 13.1. The summed E-state index contributed by atoms with van der Waals surface area (Å²) in [5, 5.41) is 3.82. The Kier molecular flexibility index (Phi) is 9.27. The monoisotopic (exact) mass is 522 g/mol. The summed E-state index contributed by atoms with van der Waals surface area (Å²) in [5.74, 6) is 0.529. The van der Waals surface area contributed by atoms with Crippen LogP contribution in [0.15, 0.2) is 54.7 Å². The Bertz CT molecular complexity index is 1180. The van der Waals surface area contributed by atoms with Crippen LogP contribution >= 0.6 is 11.6 Å². The molecule has 1 aliphatic heterocycles. The van der Waals surface area contributed by atoms with E-state index in [4.69, 9.17) is 21.1 Å². The molecule has 0 amide bonds. The molecule has 1 aliphatic rings. The van der Waals surface area contributed by atoms with Gasteiger partial charge in [0.2, 0.25) is 5.95 Å². The summed E-state index contributed by atoms with van der Waals surface area (Å²) in [7, 11) is 2.02. The minimum atomic E-state index is -0.368. The van der Waals surface area contributed by atoms with Gasteiger partial charge in [0.1, 0.15) is 6.29 Å². The Morgan fingerprint density at radius 3 is 2.68 bits per heavy atom. The molecule has 1 saturated heterocycles. The van der Waals surface area contributed by atoms with E-state index in [1.54, 1.807) is 6.20 Å². The molecule has 0 aliphatic carbocycles. The highest BCUT2D eigenvalue weighted by Crippen LogP contribution is 2.29. The van der Waals surface area contributed by atoms with E-state index < -0.39 is 0 Å². The lowest BCUT2D eigenvalue weighted by molar-refractivity contribution is -0.0291. The molecule has 1 aromatic heterocycles. The Labute approximate surface area is 224 Å². The quantitative estimate of drug-likeness (QED) is 0.329. The summed E-state index contributed by atoms with van der Waals surface area (Å²) in [4.78, 5) is 23.1. The second-order valence-electron chi connectivity index (χ2n) is 9.92. The number of ether oxygens (including phenoxy) is 2. The first-order chi connectivity index (χ1) is 17.9. The first kappa shape index (κ1) is 27.2. The number of nitrogens with one attached hydrogen (secondary N) is 1. The number of nitrogens with zero attached hydrogens (tertiary/aromatic N) is 3. The van der Waals surface area contributed by atoms with Crippen molar-refractivity contribution in [3.05, 3.63) is 76.4 Å². The molecule has 0 saturated carbocycles. The van der Waals surface area contributed by atoms with E-state index in [2.05, 4.69) is 46.2 Å². The third-order valence-corrected chi connectivity index (χ3v) is 6.97. The second kappa shape index (κ2) is 12.6. The van der Waals surface area contributed by atoms with Crippen molar-refractivity contribution in [2.45, 2.75) is 44.9 Å². The van der Waals surface area contributed by atoms with Crippen molar-refractivity contribution in [3.63, 3.8) is 0 Å². The molecule has 196 valence electrons. The average Bonchev–Trinajstić information content (AvgIpc) is 2.91. The van der Waals surface area contributed by atoms with Gasteiger partial charge in [-0.3, -0.25) is 9.69 Å². The van der Waals surface area contributed by atoms with Gasteiger partial charge in [-0.25, -0.2) is 9.97 Å². The zero-order chi connectivity index (χ0) is 26.3. The van der Waals surface area contributed by atoms with Crippen molar-refractivity contribution in [3.8, 4) is 11.3 Å². The van der Waals surface area contributed by atoms with E-state index in [0.717, 1.165) is 55.6 Å². The molecule has 8 heteroatoms. The molecule has 0 atom stereocenters. The van der Waals surface area contributed by atoms with Gasteiger partial charge >= 0.3 is 0 Å². The predicted octanol–water partition coefficient (Wildman–Crippen LogP) is 5.58. The van der Waals surface area contributed by atoms with Crippen LogP contribution in [0.25, 0.3) is 11.3 Å². The zero-order valence-electron chi connectivity index (χ0n) is 21.7. The molecule has 0 radical (unpaired) electrons. The summed E-state index contributed by atoms with van der Waals surface area (Å²) < 4.78 is 11.6. The lowest BCUT2D eigenvalue weighted by atomic mass is 9.98. The average molecular weight is 523 g/mol. The van der Waals surface area contributed by atoms with Crippen LogP contribution in [-0.2, 0) is 21.6 Å². The molecule has 0 spiro atoms. The normalized spacial score (nSPS) is 14.6. The molecule has 3 aromatic rings. The maximum Gasteiger partial charge on any atom is 0.223 e. The van der Waals surface area contributed by atoms with E-state index in [1.807, 2.05) is 43.4 Å². The number of benzene rings is 2. The number of carbonyl (C=O) groups is 1. The Morgan fingerprint density at radius 1 is 1.19 bits per heavy atom. The summed E-state index contributed by atoms with van der Waals surface area (Å²) in [6.45, 7) is 7.54. The van der Waals surface area contributed by atoms with Crippen LogP contribution in [0.4, 0.5) is 5.95 Å². The fourth-order valence-corrected chi connectivity index (χ4v) is 4.61. The number of halogens is 1. The van der Waals surface area contributed by atoms with Gasteiger partial charge in [-0.15, -0.1) is 0 Å². The molecule has 0 unspecified atom stereocenters. The first-order valence-electron chi connectivity index (χ1n) is 12.7. The van der Waals surface area contributed by atoms with E-state index >= 15 is 0 Å². The molecule has 7 nitrogen and oxygen atoms in total. The SMILES string of the molecule is CN(CCOC(C)(C)c1ccccc1)Cc1ccc(-c2nc(NC3CCOCC3)ncc2Cl)cc1C=O. The fourth-order valence-electron chi connectivity index (χ4n) is 4.41. The Balaban J connectivity index is 1.39. The number of carbonyl (C=O) groups excluding carboxylic acids is 1. The number of anilines is 1. The number of aldehydes is 1. The van der Waals surface area contributed by atoms with Crippen molar-refractivity contribution in [2.75, 3.05) is 38.7 Å². The maximum absolute atomic E-state index is 12.0. The predicted molar refractivity (Wildman–Crippen MR) is 147 cm³/mol. The van der Waals surface area contributed by atoms with Crippen molar-refractivity contribution in [1.29, 1.82) is 0 Å². The molecule has 37 heavy (non-hydrogen) atoms. The number of hydrogen-bond acceptors (Lipinski definition) is 7. The van der Waals surface area contributed by atoms with Gasteiger partial charge in [-0.1, -0.05) is 54.1 Å². The number of aromatic nitrogens is 2. The van der Waals surface area contributed by atoms with E-state index in [0.29, 0.717) is 35.4 Å². The van der Waals surface area contributed by atoms with Gasteiger partial charge in [0.15, 0.2) is 0 Å². The molecule has 2 heterocycles. The maximum atomic E-state index is 12.0. The summed E-state index contributed by atoms with van der Waals surface area (Å²) in [6, 6.07) is 16.2. The van der Waals surface area contributed by atoms with Gasteiger partial charge in [0.05, 0.1) is 29.1 Å². The van der Waals surface area contributed by atoms with Crippen molar-refractivity contribution in [1.82, 2.24) is 14.9 Å². The van der Waals surface area contributed by atoms with Crippen molar-refractivity contribution in [2.24, 2.45) is 0 Å². The number of hydrogen-bond donors (Lipinski definition) is 1. The Morgan fingerprint density at radius 2 is 1.95 bits per heavy atom. The second-order valence-corrected chi connectivity index (χ2v) is 10.3. The van der Waals surface area contributed by atoms with Crippen LogP contribution in [0.2, 0.25) is 5.02 Å².